The molecule has 2 aromatic heterocycles. The van der Waals surface area contributed by atoms with Crippen LogP contribution in [0, 0.1) is 23.7 Å². The van der Waals surface area contributed by atoms with E-state index in [1.54, 1.807) is 24.8 Å². The fourth-order valence-electron chi connectivity index (χ4n) is 4.52. The number of ether oxygens (including phenoxy) is 3. The van der Waals surface area contributed by atoms with Crippen molar-refractivity contribution in [2.75, 3.05) is 0 Å². The maximum Gasteiger partial charge on any atom is 0.123 e. The number of benzene rings is 4. The van der Waals surface area contributed by atoms with Crippen molar-refractivity contribution >= 4 is 0 Å². The van der Waals surface area contributed by atoms with Crippen LogP contribution < -0.4 is 14.2 Å². The molecule has 46 heavy (non-hydrogen) atoms. The predicted octanol–water partition coefficient (Wildman–Crippen LogP) is 8.01. The van der Waals surface area contributed by atoms with Crippen molar-refractivity contribution in [2.45, 2.75) is 19.8 Å². The first kappa shape index (κ1) is 29.8. The minimum atomic E-state index is 0.294. The molecule has 2 heterocycles. The van der Waals surface area contributed by atoms with Gasteiger partial charge in [-0.1, -0.05) is 84.3 Å². The first-order chi connectivity index (χ1) is 22.7. The fraction of sp³-hybridized carbons (Fsp3) is 0.0732. The Bertz CT molecular complexity index is 1850. The van der Waals surface area contributed by atoms with Gasteiger partial charge in [0.15, 0.2) is 0 Å². The minimum absolute atomic E-state index is 0.294. The molecule has 4 aromatic carbocycles. The van der Waals surface area contributed by atoms with E-state index in [0.29, 0.717) is 37.1 Å². The molecule has 5 heteroatoms. The Balaban J connectivity index is 1.25. The standard InChI is InChI=1S/C41H30N2O3/c1-3-7-34(8-4-1)29-44-40-26-38(27-41(28-40)45-30-35-9-5-2-6-10-35)31-46-39-24-36(13-11-32-15-19-42-20-16-32)23-37(25-39)14-12-33-17-21-43-22-18-33/h1-10,15-28H,29-31H2. The number of hydrogen-bond acceptors (Lipinski definition) is 5. The molecule has 0 bridgehead atoms. The quantitative estimate of drug-likeness (QED) is 0.158. The Hall–Kier alpha value is -6.30. The highest BCUT2D eigenvalue weighted by Gasteiger charge is 2.08. The van der Waals surface area contributed by atoms with Gasteiger partial charge in [-0.25, -0.2) is 0 Å². The second-order valence-electron chi connectivity index (χ2n) is 10.4. The third-order valence-corrected chi connectivity index (χ3v) is 6.81. The summed E-state index contributed by atoms with van der Waals surface area (Å²) in [5.74, 6) is 14.9. The summed E-state index contributed by atoms with van der Waals surface area (Å²) >= 11 is 0. The third kappa shape index (κ3) is 9.10. The Kier molecular flexibility index (Phi) is 9.98. The van der Waals surface area contributed by atoms with Crippen LogP contribution in [0.3, 0.4) is 0 Å². The highest BCUT2D eigenvalue weighted by Crippen LogP contribution is 2.26. The van der Waals surface area contributed by atoms with Crippen LogP contribution in [0.1, 0.15) is 38.9 Å². The Morgan fingerprint density at radius 1 is 0.370 bits per heavy atom. The molecule has 0 fully saturated rings. The predicted molar refractivity (Wildman–Crippen MR) is 179 cm³/mol. The van der Waals surface area contributed by atoms with Crippen LogP contribution in [-0.2, 0) is 19.8 Å². The maximum absolute atomic E-state index is 6.35. The molecular weight excluding hydrogens is 568 g/mol. The number of nitrogens with zero attached hydrogens (tertiary/aromatic N) is 2. The van der Waals surface area contributed by atoms with Gasteiger partial charge in [0.1, 0.15) is 37.1 Å². The summed E-state index contributed by atoms with van der Waals surface area (Å²) in [6.07, 6.45) is 6.91. The molecule has 0 saturated heterocycles. The minimum Gasteiger partial charge on any atom is -0.489 e. The van der Waals surface area contributed by atoms with Gasteiger partial charge in [-0.3, -0.25) is 9.97 Å². The third-order valence-electron chi connectivity index (χ3n) is 6.81. The lowest BCUT2D eigenvalue weighted by Crippen LogP contribution is -2.01. The summed E-state index contributed by atoms with van der Waals surface area (Å²) in [6.45, 7) is 1.19. The van der Waals surface area contributed by atoms with E-state index in [1.165, 1.54) is 0 Å². The van der Waals surface area contributed by atoms with Crippen LogP contribution in [0.2, 0.25) is 0 Å². The van der Waals surface area contributed by atoms with Gasteiger partial charge in [-0.2, -0.15) is 0 Å². The van der Waals surface area contributed by atoms with E-state index < -0.39 is 0 Å². The van der Waals surface area contributed by atoms with Crippen molar-refractivity contribution in [3.63, 3.8) is 0 Å². The zero-order valence-electron chi connectivity index (χ0n) is 25.1. The van der Waals surface area contributed by atoms with Crippen molar-refractivity contribution < 1.29 is 14.2 Å². The van der Waals surface area contributed by atoms with Gasteiger partial charge < -0.3 is 14.2 Å². The van der Waals surface area contributed by atoms with Crippen LogP contribution >= 0.6 is 0 Å². The van der Waals surface area contributed by atoms with Crippen molar-refractivity contribution in [3.05, 3.63) is 185 Å². The van der Waals surface area contributed by atoms with Gasteiger partial charge in [0, 0.05) is 53.1 Å². The first-order valence-corrected chi connectivity index (χ1v) is 14.8. The molecule has 0 atom stereocenters. The first-order valence-electron chi connectivity index (χ1n) is 14.8. The van der Waals surface area contributed by atoms with Crippen LogP contribution in [0.5, 0.6) is 17.2 Å². The van der Waals surface area contributed by atoms with Gasteiger partial charge in [-0.15, -0.1) is 0 Å². The molecule has 0 aliphatic carbocycles. The molecule has 0 amide bonds. The van der Waals surface area contributed by atoms with Crippen molar-refractivity contribution in [2.24, 2.45) is 0 Å². The van der Waals surface area contributed by atoms with Gasteiger partial charge in [-0.05, 0) is 71.3 Å². The summed E-state index contributed by atoms with van der Waals surface area (Å²) < 4.78 is 18.7. The Morgan fingerprint density at radius 3 is 1.22 bits per heavy atom. The molecule has 5 nitrogen and oxygen atoms in total. The number of hydrogen-bond donors (Lipinski definition) is 0. The van der Waals surface area contributed by atoms with E-state index in [9.17, 15) is 0 Å². The number of rotatable bonds is 9. The number of pyridine rings is 2. The zero-order valence-corrected chi connectivity index (χ0v) is 25.1. The Labute approximate surface area is 269 Å². The molecule has 0 N–H and O–H groups in total. The second kappa shape index (κ2) is 15.4. The van der Waals surface area contributed by atoms with Crippen LogP contribution in [0.4, 0.5) is 0 Å². The van der Waals surface area contributed by atoms with Gasteiger partial charge in [0.05, 0.1) is 0 Å². The summed E-state index contributed by atoms with van der Waals surface area (Å²) in [5.41, 5.74) is 6.41. The lowest BCUT2D eigenvalue weighted by Gasteiger charge is -2.14. The highest BCUT2D eigenvalue weighted by molar-refractivity contribution is 5.52. The molecule has 0 spiro atoms. The van der Waals surface area contributed by atoms with E-state index in [2.05, 4.69) is 33.6 Å². The molecule has 6 rings (SSSR count). The van der Waals surface area contributed by atoms with Gasteiger partial charge >= 0.3 is 0 Å². The fourth-order valence-corrected chi connectivity index (χ4v) is 4.52. The monoisotopic (exact) mass is 598 g/mol. The molecule has 0 unspecified atom stereocenters. The molecule has 6 aromatic rings. The van der Waals surface area contributed by atoms with Gasteiger partial charge in [0.25, 0.3) is 0 Å². The highest BCUT2D eigenvalue weighted by atomic mass is 16.5. The molecule has 0 saturated carbocycles. The van der Waals surface area contributed by atoms with E-state index in [0.717, 1.165) is 38.9 Å². The smallest absolute Gasteiger partial charge is 0.123 e. The van der Waals surface area contributed by atoms with Gasteiger partial charge in [0.2, 0.25) is 0 Å². The van der Waals surface area contributed by atoms with E-state index in [1.807, 2.05) is 121 Å². The average Bonchev–Trinajstić information content (AvgIpc) is 3.12. The molecule has 222 valence electrons. The lowest BCUT2D eigenvalue weighted by molar-refractivity contribution is 0.281. The molecular formula is C41H30N2O3. The number of aromatic nitrogens is 2. The second-order valence-corrected chi connectivity index (χ2v) is 10.4. The van der Waals surface area contributed by atoms with Crippen LogP contribution in [-0.4, -0.2) is 9.97 Å². The SMILES string of the molecule is C(#Cc1cc(C#Cc2ccncc2)cc(OCc2cc(OCc3ccccc3)cc(OCc3ccccc3)c2)c1)c1ccncc1. The summed E-state index contributed by atoms with van der Waals surface area (Å²) in [5, 5.41) is 0. The normalized spacial score (nSPS) is 10.1. The maximum atomic E-state index is 6.35. The summed E-state index contributed by atoms with van der Waals surface area (Å²) in [4.78, 5) is 8.15. The van der Waals surface area contributed by atoms with Crippen LogP contribution in [0.25, 0.3) is 0 Å². The molecule has 0 aliphatic rings. The lowest BCUT2D eigenvalue weighted by atomic mass is 10.1. The largest absolute Gasteiger partial charge is 0.489 e. The van der Waals surface area contributed by atoms with Crippen molar-refractivity contribution in [1.82, 2.24) is 9.97 Å². The molecule has 0 aliphatic heterocycles. The Morgan fingerprint density at radius 2 is 0.761 bits per heavy atom. The van der Waals surface area contributed by atoms with Crippen LogP contribution in [0.15, 0.2) is 146 Å². The van der Waals surface area contributed by atoms with E-state index >= 15 is 0 Å². The summed E-state index contributed by atoms with van der Waals surface area (Å²) in [7, 11) is 0. The van der Waals surface area contributed by atoms with Crippen molar-refractivity contribution in [1.29, 1.82) is 0 Å². The summed E-state index contributed by atoms with van der Waals surface area (Å²) in [6, 6.07) is 39.4. The van der Waals surface area contributed by atoms with Crippen molar-refractivity contribution in [3.8, 4) is 40.9 Å². The molecule has 0 radical (unpaired) electrons. The zero-order chi connectivity index (χ0) is 31.2. The topological polar surface area (TPSA) is 53.5 Å². The average molecular weight is 599 g/mol. The van der Waals surface area contributed by atoms with E-state index in [4.69, 9.17) is 14.2 Å². The van der Waals surface area contributed by atoms with E-state index in [-0.39, 0.29) is 0 Å².